The second kappa shape index (κ2) is 4.82. The first-order valence-corrected chi connectivity index (χ1v) is 7.50. The Bertz CT molecular complexity index is 464. The number of aliphatic hydroxyl groups excluding tert-OH is 1. The highest BCUT2D eigenvalue weighted by molar-refractivity contribution is 5.38. The van der Waals surface area contributed by atoms with Gasteiger partial charge in [0.1, 0.15) is 11.9 Å². The number of aliphatic hydroxyl groups is 1. The lowest BCUT2D eigenvalue weighted by Crippen LogP contribution is -2.41. The molecule has 0 heterocycles. The lowest BCUT2D eigenvalue weighted by atomic mass is 9.75. The van der Waals surface area contributed by atoms with Crippen molar-refractivity contribution in [2.24, 2.45) is 5.41 Å². The van der Waals surface area contributed by atoms with Crippen LogP contribution in [0.1, 0.15) is 50.7 Å². The summed E-state index contributed by atoms with van der Waals surface area (Å²) < 4.78 is 6.08. The minimum atomic E-state index is -0.318. The third-order valence-corrected chi connectivity index (χ3v) is 4.66. The molecule has 104 valence electrons. The lowest BCUT2D eigenvalue weighted by molar-refractivity contribution is -0.0304. The van der Waals surface area contributed by atoms with Crippen molar-refractivity contribution in [3.63, 3.8) is 0 Å². The quantitative estimate of drug-likeness (QED) is 0.882. The van der Waals surface area contributed by atoms with Crippen molar-refractivity contribution >= 4 is 0 Å². The van der Waals surface area contributed by atoms with Crippen LogP contribution in [0.15, 0.2) is 18.2 Å². The number of hydrogen-bond acceptors (Lipinski definition) is 2. The van der Waals surface area contributed by atoms with E-state index in [0.717, 1.165) is 25.0 Å². The smallest absolute Gasteiger partial charge is 0.125 e. The largest absolute Gasteiger partial charge is 0.488 e. The second-order valence-electron chi connectivity index (χ2n) is 6.91. The third-order valence-electron chi connectivity index (χ3n) is 4.66. The summed E-state index contributed by atoms with van der Waals surface area (Å²) in [5.41, 5.74) is 3.18. The van der Waals surface area contributed by atoms with Crippen LogP contribution < -0.4 is 4.74 Å². The highest BCUT2D eigenvalue weighted by atomic mass is 16.5. The lowest BCUT2D eigenvalue weighted by Gasteiger charge is -2.38. The van der Waals surface area contributed by atoms with Gasteiger partial charge in [0.15, 0.2) is 0 Å². The predicted molar refractivity (Wildman–Crippen MR) is 76.5 cm³/mol. The Hall–Kier alpha value is -1.02. The number of ether oxygens (including phenoxy) is 1. The average Bonchev–Trinajstić information content (AvgIpc) is 2.81. The zero-order valence-corrected chi connectivity index (χ0v) is 12.0. The molecule has 2 atom stereocenters. The van der Waals surface area contributed by atoms with Crippen LogP contribution >= 0.6 is 0 Å². The molecule has 0 aliphatic heterocycles. The zero-order valence-electron chi connectivity index (χ0n) is 12.0. The number of aryl methyl sites for hydroxylation is 2. The van der Waals surface area contributed by atoms with Gasteiger partial charge in [0.05, 0.1) is 6.10 Å². The predicted octanol–water partition coefficient (Wildman–Crippen LogP) is 3.49. The molecule has 2 unspecified atom stereocenters. The molecule has 3 rings (SSSR count). The molecule has 1 aromatic rings. The SMILES string of the molecule is CC1(C)CCC(O)C(Oc2ccc3c(c2)CCC3)C1. The van der Waals surface area contributed by atoms with E-state index >= 15 is 0 Å². The topological polar surface area (TPSA) is 29.5 Å². The van der Waals surface area contributed by atoms with E-state index in [1.165, 1.54) is 30.4 Å². The standard InChI is InChI=1S/C17H24O2/c1-17(2)9-8-15(18)16(11-17)19-14-7-6-12-4-3-5-13(12)10-14/h6-7,10,15-16,18H,3-5,8-9,11H2,1-2H3. The van der Waals surface area contributed by atoms with Gasteiger partial charge in [-0.2, -0.15) is 0 Å². The molecule has 1 aromatic carbocycles. The molecule has 1 fully saturated rings. The molecule has 19 heavy (non-hydrogen) atoms. The number of fused-ring (bicyclic) bond motifs is 1. The first-order valence-electron chi connectivity index (χ1n) is 7.50. The van der Waals surface area contributed by atoms with Crippen molar-refractivity contribution in [2.75, 3.05) is 0 Å². The van der Waals surface area contributed by atoms with Gasteiger partial charge in [0.25, 0.3) is 0 Å². The minimum Gasteiger partial charge on any atom is -0.488 e. The summed E-state index contributed by atoms with van der Waals surface area (Å²) in [5, 5.41) is 10.1. The Morgan fingerprint density at radius 3 is 2.84 bits per heavy atom. The zero-order chi connectivity index (χ0) is 13.5. The van der Waals surface area contributed by atoms with Crippen LogP contribution in [0.5, 0.6) is 5.75 Å². The Kier molecular flexibility index (Phi) is 3.30. The van der Waals surface area contributed by atoms with Gasteiger partial charge in [-0.25, -0.2) is 0 Å². The van der Waals surface area contributed by atoms with E-state index in [2.05, 4.69) is 32.0 Å². The normalized spacial score (nSPS) is 29.0. The van der Waals surface area contributed by atoms with E-state index in [0.29, 0.717) is 0 Å². The van der Waals surface area contributed by atoms with Crippen molar-refractivity contribution in [3.05, 3.63) is 29.3 Å². The molecular weight excluding hydrogens is 236 g/mol. The van der Waals surface area contributed by atoms with Gasteiger partial charge in [-0.05, 0) is 67.2 Å². The fourth-order valence-corrected chi connectivity index (χ4v) is 3.42. The van der Waals surface area contributed by atoms with Crippen LogP contribution in [0, 0.1) is 5.41 Å². The van der Waals surface area contributed by atoms with Gasteiger partial charge >= 0.3 is 0 Å². The van der Waals surface area contributed by atoms with E-state index in [9.17, 15) is 5.11 Å². The Morgan fingerprint density at radius 1 is 1.21 bits per heavy atom. The Balaban J connectivity index is 1.73. The van der Waals surface area contributed by atoms with E-state index in [1.807, 2.05) is 0 Å². The molecule has 2 heteroatoms. The number of benzene rings is 1. The summed E-state index contributed by atoms with van der Waals surface area (Å²) >= 11 is 0. The minimum absolute atomic E-state index is 0.0526. The molecule has 2 aliphatic carbocycles. The van der Waals surface area contributed by atoms with E-state index < -0.39 is 0 Å². The maximum absolute atomic E-state index is 10.1. The molecule has 0 amide bonds. The van der Waals surface area contributed by atoms with Crippen molar-refractivity contribution < 1.29 is 9.84 Å². The Labute approximate surface area is 115 Å². The third kappa shape index (κ3) is 2.79. The van der Waals surface area contributed by atoms with Crippen LogP contribution in [0.3, 0.4) is 0 Å². The first-order chi connectivity index (χ1) is 9.03. The van der Waals surface area contributed by atoms with E-state index in [4.69, 9.17) is 4.74 Å². The highest BCUT2D eigenvalue weighted by Crippen LogP contribution is 2.37. The summed E-state index contributed by atoms with van der Waals surface area (Å²) in [4.78, 5) is 0. The first kappa shape index (κ1) is 13.0. The molecule has 1 N–H and O–H groups in total. The van der Waals surface area contributed by atoms with Crippen LogP contribution in [0.4, 0.5) is 0 Å². The Morgan fingerprint density at radius 2 is 2.00 bits per heavy atom. The number of rotatable bonds is 2. The van der Waals surface area contributed by atoms with Gasteiger partial charge in [-0.15, -0.1) is 0 Å². The van der Waals surface area contributed by atoms with Crippen LogP contribution in [0.2, 0.25) is 0 Å². The summed E-state index contributed by atoms with van der Waals surface area (Å²) in [6.07, 6.45) is 6.13. The molecule has 0 saturated heterocycles. The van der Waals surface area contributed by atoms with Gasteiger partial charge < -0.3 is 9.84 Å². The maximum Gasteiger partial charge on any atom is 0.125 e. The van der Waals surface area contributed by atoms with Crippen molar-refractivity contribution in [2.45, 2.75) is 64.6 Å². The second-order valence-corrected chi connectivity index (χ2v) is 6.91. The summed E-state index contributed by atoms with van der Waals surface area (Å²) in [6, 6.07) is 6.44. The van der Waals surface area contributed by atoms with Gasteiger partial charge in [-0.3, -0.25) is 0 Å². The van der Waals surface area contributed by atoms with Crippen LogP contribution in [-0.2, 0) is 12.8 Å². The molecule has 0 radical (unpaired) electrons. The maximum atomic E-state index is 10.1. The summed E-state index contributed by atoms with van der Waals surface area (Å²) in [5.74, 6) is 0.933. The number of hydrogen-bond donors (Lipinski definition) is 1. The van der Waals surface area contributed by atoms with E-state index in [-0.39, 0.29) is 17.6 Å². The molecule has 2 aliphatic rings. The molecule has 0 spiro atoms. The van der Waals surface area contributed by atoms with Crippen LogP contribution in [0.25, 0.3) is 0 Å². The summed E-state index contributed by atoms with van der Waals surface area (Å²) in [7, 11) is 0. The van der Waals surface area contributed by atoms with E-state index in [1.54, 1.807) is 0 Å². The fraction of sp³-hybridized carbons (Fsp3) is 0.647. The molecule has 1 saturated carbocycles. The molecule has 2 nitrogen and oxygen atoms in total. The molecule has 0 bridgehead atoms. The van der Waals surface area contributed by atoms with Gasteiger partial charge in [0.2, 0.25) is 0 Å². The van der Waals surface area contributed by atoms with Crippen LogP contribution in [-0.4, -0.2) is 17.3 Å². The average molecular weight is 260 g/mol. The fourth-order valence-electron chi connectivity index (χ4n) is 3.42. The molecule has 0 aromatic heterocycles. The van der Waals surface area contributed by atoms with Gasteiger partial charge in [-0.1, -0.05) is 19.9 Å². The molecular formula is C17H24O2. The van der Waals surface area contributed by atoms with Crippen molar-refractivity contribution in [1.82, 2.24) is 0 Å². The van der Waals surface area contributed by atoms with Crippen molar-refractivity contribution in [1.29, 1.82) is 0 Å². The van der Waals surface area contributed by atoms with Gasteiger partial charge in [0, 0.05) is 0 Å². The summed E-state index contributed by atoms with van der Waals surface area (Å²) in [6.45, 7) is 4.52. The monoisotopic (exact) mass is 260 g/mol. The highest BCUT2D eigenvalue weighted by Gasteiger charge is 2.35. The van der Waals surface area contributed by atoms with Crippen molar-refractivity contribution in [3.8, 4) is 5.75 Å².